The number of likely N-dealkylation sites (tertiary alicyclic amines) is 1. The predicted molar refractivity (Wildman–Crippen MR) is 187 cm³/mol. The van der Waals surface area contributed by atoms with Crippen molar-refractivity contribution < 1.29 is 24.2 Å². The van der Waals surface area contributed by atoms with Gasteiger partial charge in [-0.1, -0.05) is 29.8 Å². The van der Waals surface area contributed by atoms with E-state index in [0.717, 1.165) is 31.2 Å². The lowest BCUT2D eigenvalue weighted by molar-refractivity contribution is -0.131. The van der Waals surface area contributed by atoms with E-state index in [4.69, 9.17) is 26.2 Å². The summed E-state index contributed by atoms with van der Waals surface area (Å²) in [6, 6.07) is 16.9. The summed E-state index contributed by atoms with van der Waals surface area (Å²) in [5.74, 6) is -0.151. The number of hydrogen-bond donors (Lipinski definition) is 3. The van der Waals surface area contributed by atoms with Crippen LogP contribution in [0.3, 0.4) is 0 Å². The molecule has 1 aliphatic rings. The Hall–Kier alpha value is -5.44. The fraction of sp³-hybridized carbons (Fsp3) is 0.250. The zero-order valence-electron chi connectivity index (χ0n) is 26.9. The number of benzene rings is 2. The number of carboxylic acid groups (broad SMARTS) is 1. The number of nitrogens with zero attached hydrogens (tertiary/aromatic N) is 4. The van der Waals surface area contributed by atoms with Crippen molar-refractivity contribution in [3.05, 3.63) is 102 Å². The normalized spacial score (nSPS) is 14.4. The zero-order chi connectivity index (χ0) is 34.5. The molecule has 11 nitrogen and oxygen atoms in total. The molecule has 248 valence electrons. The lowest BCUT2D eigenvalue weighted by Crippen LogP contribution is -2.23. The van der Waals surface area contributed by atoms with Gasteiger partial charge in [0.15, 0.2) is 0 Å². The Bertz CT molecular complexity index is 1840. The number of rotatable bonds is 11. The van der Waals surface area contributed by atoms with E-state index >= 15 is 0 Å². The summed E-state index contributed by atoms with van der Waals surface area (Å²) in [6.45, 7) is 5.24. The second-order valence-corrected chi connectivity index (χ2v) is 11.1. The highest BCUT2D eigenvalue weighted by molar-refractivity contribution is 6.32. The van der Waals surface area contributed by atoms with Crippen molar-refractivity contribution in [3.63, 3.8) is 0 Å². The first-order valence-corrected chi connectivity index (χ1v) is 15.7. The van der Waals surface area contributed by atoms with E-state index in [1.54, 1.807) is 43.5 Å². The Balaban J connectivity index is 0.000000794. The van der Waals surface area contributed by atoms with Crippen LogP contribution in [0.2, 0.25) is 5.02 Å². The first-order chi connectivity index (χ1) is 23.2. The molecular formula is C36H37ClN6O5. The molecule has 3 heterocycles. The van der Waals surface area contributed by atoms with Gasteiger partial charge in [0.1, 0.15) is 24.2 Å². The number of ether oxygens (including phenoxy) is 2. The molecule has 0 spiro atoms. The SMILES string of the molecule is C/C=C\C(=O)O.CCOc1cc2ncc(C#N)c(Nc3ccc(OCc4ccccn4)c(Cl)c3)c2cc1NC(=O)/C=C/[C@H]1CCCN1C. The molecule has 3 N–H and O–H groups in total. The lowest BCUT2D eigenvalue weighted by Gasteiger charge is -2.17. The van der Waals surface area contributed by atoms with Gasteiger partial charge in [0.05, 0.1) is 39.8 Å². The number of carbonyl (C=O) groups excluding carboxylic acids is 1. The molecule has 4 aromatic rings. The highest BCUT2D eigenvalue weighted by Crippen LogP contribution is 2.37. The molecular weight excluding hydrogens is 632 g/mol. The maximum Gasteiger partial charge on any atom is 0.327 e. The Morgan fingerprint density at radius 2 is 1.98 bits per heavy atom. The number of aliphatic carboxylic acids is 1. The van der Waals surface area contributed by atoms with Gasteiger partial charge in [-0.15, -0.1) is 0 Å². The number of amides is 1. The summed E-state index contributed by atoms with van der Waals surface area (Å²) in [6.07, 6.45) is 11.4. The summed E-state index contributed by atoms with van der Waals surface area (Å²) < 4.78 is 11.7. The third-order valence-corrected chi connectivity index (χ3v) is 7.60. The van der Waals surface area contributed by atoms with Crippen molar-refractivity contribution >= 4 is 51.4 Å². The number of carboxylic acids is 1. The summed E-state index contributed by atoms with van der Waals surface area (Å²) in [4.78, 5) is 33.4. The third kappa shape index (κ3) is 9.78. The van der Waals surface area contributed by atoms with Crippen LogP contribution in [0.25, 0.3) is 10.9 Å². The minimum absolute atomic E-state index is 0.246. The molecule has 1 fully saturated rings. The Morgan fingerprint density at radius 1 is 1.15 bits per heavy atom. The number of aromatic nitrogens is 2. The average molecular weight is 669 g/mol. The van der Waals surface area contributed by atoms with Crippen LogP contribution in [0.5, 0.6) is 11.5 Å². The molecule has 1 saturated heterocycles. The van der Waals surface area contributed by atoms with E-state index < -0.39 is 5.97 Å². The van der Waals surface area contributed by atoms with Gasteiger partial charge in [-0.05, 0) is 76.7 Å². The fourth-order valence-electron chi connectivity index (χ4n) is 4.98. The number of nitriles is 1. The minimum atomic E-state index is -0.891. The number of halogens is 1. The maximum absolute atomic E-state index is 12.9. The van der Waals surface area contributed by atoms with Gasteiger partial charge in [-0.25, -0.2) is 4.79 Å². The molecule has 1 atom stereocenters. The summed E-state index contributed by atoms with van der Waals surface area (Å²) in [7, 11) is 2.06. The topological polar surface area (TPSA) is 150 Å². The Labute approximate surface area is 284 Å². The van der Waals surface area contributed by atoms with Gasteiger partial charge in [0.25, 0.3) is 0 Å². The highest BCUT2D eigenvalue weighted by Gasteiger charge is 2.19. The van der Waals surface area contributed by atoms with E-state index in [-0.39, 0.29) is 18.6 Å². The number of nitrogens with one attached hydrogen (secondary N) is 2. The highest BCUT2D eigenvalue weighted by atomic mass is 35.5. The van der Waals surface area contributed by atoms with Crippen LogP contribution < -0.4 is 20.1 Å². The van der Waals surface area contributed by atoms with Gasteiger partial charge < -0.3 is 25.2 Å². The first kappa shape index (κ1) is 35.4. The first-order valence-electron chi connectivity index (χ1n) is 15.4. The number of fused-ring (bicyclic) bond motifs is 1. The van der Waals surface area contributed by atoms with Crippen molar-refractivity contribution in [1.82, 2.24) is 14.9 Å². The Morgan fingerprint density at radius 3 is 2.60 bits per heavy atom. The molecule has 1 amide bonds. The van der Waals surface area contributed by atoms with E-state index in [1.165, 1.54) is 12.3 Å². The average Bonchev–Trinajstić information content (AvgIpc) is 3.49. The van der Waals surface area contributed by atoms with Crippen LogP contribution in [-0.2, 0) is 16.2 Å². The number of likely N-dealkylation sites (N-methyl/N-ethyl adjacent to an activating group) is 1. The van der Waals surface area contributed by atoms with Crippen molar-refractivity contribution in [3.8, 4) is 17.6 Å². The second kappa shape index (κ2) is 17.5. The molecule has 0 bridgehead atoms. The van der Waals surface area contributed by atoms with E-state index in [0.29, 0.717) is 56.7 Å². The van der Waals surface area contributed by atoms with Crippen LogP contribution in [-0.4, -0.2) is 58.1 Å². The van der Waals surface area contributed by atoms with Crippen LogP contribution in [0.1, 0.15) is 37.9 Å². The van der Waals surface area contributed by atoms with Gasteiger partial charge in [-0.3, -0.25) is 19.7 Å². The van der Waals surface area contributed by atoms with Gasteiger partial charge in [0.2, 0.25) is 5.91 Å². The van der Waals surface area contributed by atoms with Crippen LogP contribution in [0.4, 0.5) is 17.1 Å². The van der Waals surface area contributed by atoms with Gasteiger partial charge >= 0.3 is 5.97 Å². The van der Waals surface area contributed by atoms with Gasteiger partial charge in [-0.2, -0.15) is 5.26 Å². The number of hydrogen-bond acceptors (Lipinski definition) is 9. The van der Waals surface area contributed by atoms with E-state index in [2.05, 4.69) is 38.6 Å². The largest absolute Gasteiger partial charge is 0.492 e. The van der Waals surface area contributed by atoms with Crippen molar-refractivity contribution in [2.45, 2.75) is 39.3 Å². The standard InChI is InChI=1S/C32H31ClN6O3.C4H6O2/c1-3-41-30-17-27-25(16-28(30)38-31(40)12-10-24-8-6-14-39(24)2)32(21(18-34)19-36-27)37-22-9-11-29(26(33)15-22)42-20-23-7-4-5-13-35-23;1-2-3-4(5)6/h4-5,7,9-13,15-17,19,24H,3,6,8,14,20H2,1-2H3,(H,36,37)(H,38,40);2-3H,1H3,(H,5,6)/b12-10+;3-2-/t24-;/m1./s1. The van der Waals surface area contributed by atoms with E-state index in [9.17, 15) is 14.9 Å². The van der Waals surface area contributed by atoms with Crippen LogP contribution >= 0.6 is 11.6 Å². The molecule has 2 aromatic carbocycles. The number of carbonyl (C=O) groups is 2. The number of anilines is 3. The molecule has 0 saturated carbocycles. The van der Waals surface area contributed by atoms with Crippen LogP contribution in [0.15, 0.2) is 85.2 Å². The number of allylic oxidation sites excluding steroid dienone is 1. The lowest BCUT2D eigenvalue weighted by atomic mass is 10.1. The van der Waals surface area contributed by atoms with E-state index in [1.807, 2.05) is 37.3 Å². The second-order valence-electron chi connectivity index (χ2n) is 10.7. The van der Waals surface area contributed by atoms with Gasteiger partial charge in [0, 0.05) is 47.7 Å². The van der Waals surface area contributed by atoms with Crippen molar-refractivity contribution in [2.24, 2.45) is 0 Å². The molecule has 1 aliphatic heterocycles. The molecule has 0 unspecified atom stereocenters. The van der Waals surface area contributed by atoms with Crippen molar-refractivity contribution in [1.29, 1.82) is 5.26 Å². The molecule has 0 aliphatic carbocycles. The molecule has 2 aromatic heterocycles. The molecule has 5 rings (SSSR count). The van der Waals surface area contributed by atoms with Crippen LogP contribution in [0, 0.1) is 11.3 Å². The fourth-order valence-corrected chi connectivity index (χ4v) is 5.22. The smallest absolute Gasteiger partial charge is 0.327 e. The zero-order valence-corrected chi connectivity index (χ0v) is 27.7. The predicted octanol–water partition coefficient (Wildman–Crippen LogP) is 7.11. The molecule has 48 heavy (non-hydrogen) atoms. The third-order valence-electron chi connectivity index (χ3n) is 7.31. The monoisotopic (exact) mass is 668 g/mol. The summed E-state index contributed by atoms with van der Waals surface area (Å²) >= 11 is 6.54. The summed E-state index contributed by atoms with van der Waals surface area (Å²) in [5, 5.41) is 25.0. The molecule has 0 radical (unpaired) electrons. The molecule has 12 heteroatoms. The minimum Gasteiger partial charge on any atom is -0.492 e. The maximum atomic E-state index is 12.9. The number of pyridine rings is 2. The summed E-state index contributed by atoms with van der Waals surface area (Å²) in [5.41, 5.74) is 3.38. The Kier molecular flexibility index (Phi) is 12.9. The van der Waals surface area contributed by atoms with Crippen molar-refractivity contribution in [2.75, 3.05) is 30.8 Å². The quantitative estimate of drug-likeness (QED) is 0.141.